The van der Waals surface area contributed by atoms with Crippen molar-refractivity contribution in [2.45, 2.75) is 17.6 Å². The molecule has 0 atom stereocenters. The molecular weight excluding hydrogens is 408 g/mol. The van der Waals surface area contributed by atoms with Gasteiger partial charge in [0.15, 0.2) is 9.84 Å². The number of aryl methyl sites for hydroxylation is 1. The molecule has 29 heavy (non-hydrogen) atoms. The van der Waals surface area contributed by atoms with Crippen LogP contribution in [0.4, 0.5) is 0 Å². The van der Waals surface area contributed by atoms with Crippen molar-refractivity contribution in [3.8, 4) is 23.1 Å². The maximum absolute atomic E-state index is 12.8. The third-order valence-electron chi connectivity index (χ3n) is 4.08. The van der Waals surface area contributed by atoms with E-state index in [4.69, 9.17) is 10.5 Å². The average Bonchev–Trinajstić information content (AvgIpc) is 3.13. The van der Waals surface area contributed by atoms with Gasteiger partial charge < -0.3 is 5.11 Å². The molecule has 8 heteroatoms. The number of nitrogens with zero attached hydrogens (tertiary/aromatic N) is 2. The minimum atomic E-state index is -3.68. The van der Waals surface area contributed by atoms with Gasteiger partial charge in [-0.3, -0.25) is 0 Å². The largest absolute Gasteiger partial charge is 0.477 e. The summed E-state index contributed by atoms with van der Waals surface area (Å²) in [6.07, 6.45) is 0. The van der Waals surface area contributed by atoms with Crippen molar-refractivity contribution >= 4 is 27.1 Å². The second-order valence-corrected chi connectivity index (χ2v) is 8.99. The minimum Gasteiger partial charge on any atom is -0.477 e. The second-order valence-electron chi connectivity index (χ2n) is 5.98. The Bertz CT molecular complexity index is 1200. The number of hydrogen-bond acceptors (Lipinski definition) is 6. The summed E-state index contributed by atoms with van der Waals surface area (Å²) in [5.41, 5.74) is 2.11. The average molecular weight is 425 g/mol. The molecule has 0 bridgehead atoms. The van der Waals surface area contributed by atoms with Gasteiger partial charge in [-0.25, -0.2) is 18.5 Å². The van der Waals surface area contributed by atoms with Crippen molar-refractivity contribution in [2.24, 2.45) is 0 Å². The fraction of sp³-hybridized carbons (Fsp3) is 0.0952. The highest BCUT2D eigenvalue weighted by Gasteiger charge is 2.24. The topological polar surface area (TPSA) is 119 Å². The Morgan fingerprint density at radius 2 is 1.76 bits per heavy atom. The molecule has 0 saturated heterocycles. The van der Waals surface area contributed by atoms with Gasteiger partial charge in [0.05, 0.1) is 22.3 Å². The Hall–Kier alpha value is -3.46. The molecule has 3 rings (SSSR count). The lowest BCUT2D eigenvalue weighted by atomic mass is 10.1. The van der Waals surface area contributed by atoms with Crippen LogP contribution < -0.4 is 0 Å². The number of sulfone groups is 1. The van der Waals surface area contributed by atoms with E-state index in [-0.39, 0.29) is 21.1 Å². The Morgan fingerprint density at radius 3 is 2.31 bits per heavy atom. The Balaban J connectivity index is 0.00000145. The molecule has 0 spiro atoms. The molecule has 1 N–H and O–H groups in total. The van der Waals surface area contributed by atoms with Crippen molar-refractivity contribution < 1.29 is 18.3 Å². The zero-order chi connectivity index (χ0) is 21.6. The summed E-state index contributed by atoms with van der Waals surface area (Å²) in [6.45, 7) is 5.21. The zero-order valence-corrected chi connectivity index (χ0v) is 17.0. The van der Waals surface area contributed by atoms with E-state index >= 15 is 0 Å². The predicted octanol–water partition coefficient (Wildman–Crippen LogP) is 4.41. The van der Waals surface area contributed by atoms with Crippen LogP contribution in [-0.4, -0.2) is 19.5 Å². The number of nitriles is 2. The number of aromatic carboxylic acids is 1. The van der Waals surface area contributed by atoms with Crippen LogP contribution >= 0.6 is 11.3 Å². The monoisotopic (exact) mass is 424 g/mol. The van der Waals surface area contributed by atoms with Crippen molar-refractivity contribution in [3.63, 3.8) is 0 Å². The third-order valence-corrected chi connectivity index (χ3v) is 7.11. The lowest BCUT2D eigenvalue weighted by molar-refractivity contribution is 0.0701. The second kappa shape index (κ2) is 9.16. The van der Waals surface area contributed by atoms with E-state index in [2.05, 4.69) is 6.57 Å². The van der Waals surface area contributed by atoms with Gasteiger partial charge in [-0.1, -0.05) is 30.3 Å². The fourth-order valence-corrected chi connectivity index (χ4v) is 5.51. The van der Waals surface area contributed by atoms with Gasteiger partial charge >= 0.3 is 5.97 Å². The molecule has 0 aliphatic heterocycles. The molecule has 146 valence electrons. The highest BCUT2D eigenvalue weighted by molar-refractivity contribution is 7.90. The lowest BCUT2D eigenvalue weighted by Crippen LogP contribution is -2.08. The number of rotatable bonds is 5. The number of carbonyl (C=O) groups is 1. The molecule has 0 fully saturated rings. The Kier molecular flexibility index (Phi) is 6.89. The van der Waals surface area contributed by atoms with Gasteiger partial charge in [-0.15, -0.1) is 11.3 Å². The molecule has 1 heterocycles. The van der Waals surface area contributed by atoms with Crippen molar-refractivity contribution in [1.29, 1.82) is 10.5 Å². The highest BCUT2D eigenvalue weighted by Crippen LogP contribution is 2.34. The van der Waals surface area contributed by atoms with E-state index in [1.54, 1.807) is 55.5 Å². The van der Waals surface area contributed by atoms with Gasteiger partial charge in [-0.05, 0) is 47.9 Å². The van der Waals surface area contributed by atoms with Crippen LogP contribution in [0.25, 0.3) is 10.4 Å². The molecule has 1 aromatic heterocycles. The summed E-state index contributed by atoms with van der Waals surface area (Å²) in [4.78, 5) is 12.5. The van der Waals surface area contributed by atoms with E-state index in [9.17, 15) is 18.3 Å². The standard InChI is InChI=1S/C20H15NO4S2.CHN/c1-13-4-2-3-5-18(13)27(24,25)12-16-10-17(26-19(16)20(22)23)15-8-6-14(11-21)7-9-15;1-2/h2-10H,12H2,1H3,(H,22,23);1H. The summed E-state index contributed by atoms with van der Waals surface area (Å²) < 4.78 is 25.6. The van der Waals surface area contributed by atoms with E-state index in [0.717, 1.165) is 16.9 Å². The maximum Gasteiger partial charge on any atom is 0.346 e. The van der Waals surface area contributed by atoms with Crippen LogP contribution in [0.2, 0.25) is 0 Å². The first-order valence-corrected chi connectivity index (χ1v) is 10.7. The zero-order valence-electron chi connectivity index (χ0n) is 15.4. The summed E-state index contributed by atoms with van der Waals surface area (Å²) >= 11 is 1.03. The lowest BCUT2D eigenvalue weighted by Gasteiger charge is -2.07. The van der Waals surface area contributed by atoms with E-state index in [0.29, 0.717) is 16.0 Å². The normalized spacial score (nSPS) is 10.4. The van der Waals surface area contributed by atoms with Gasteiger partial charge in [0.2, 0.25) is 0 Å². The van der Waals surface area contributed by atoms with Crippen LogP contribution in [-0.2, 0) is 15.6 Å². The van der Waals surface area contributed by atoms with Crippen LogP contribution in [0.5, 0.6) is 0 Å². The number of carboxylic acid groups (broad SMARTS) is 1. The SMILES string of the molecule is C#N.Cc1ccccc1S(=O)(=O)Cc1cc(-c2ccc(C#N)cc2)sc1C(=O)O. The van der Waals surface area contributed by atoms with E-state index < -0.39 is 15.8 Å². The molecule has 0 saturated carbocycles. The summed E-state index contributed by atoms with van der Waals surface area (Å²) in [5.74, 6) is -1.54. The first-order valence-electron chi connectivity index (χ1n) is 8.22. The van der Waals surface area contributed by atoms with Crippen molar-refractivity contribution in [3.05, 3.63) is 76.2 Å². The number of hydrogen-bond donors (Lipinski definition) is 1. The van der Waals surface area contributed by atoms with Crippen molar-refractivity contribution in [1.82, 2.24) is 0 Å². The van der Waals surface area contributed by atoms with Gasteiger partial charge in [0.25, 0.3) is 0 Å². The Morgan fingerprint density at radius 1 is 1.14 bits per heavy atom. The molecule has 0 amide bonds. The third kappa shape index (κ3) is 4.88. The molecule has 0 aliphatic rings. The number of thiophene rings is 1. The smallest absolute Gasteiger partial charge is 0.346 e. The maximum atomic E-state index is 12.8. The van der Waals surface area contributed by atoms with Crippen LogP contribution in [0, 0.1) is 30.1 Å². The predicted molar refractivity (Wildman–Crippen MR) is 110 cm³/mol. The van der Waals surface area contributed by atoms with Crippen molar-refractivity contribution in [2.75, 3.05) is 0 Å². The molecule has 6 nitrogen and oxygen atoms in total. The molecular formula is C21H16N2O4S2. The minimum absolute atomic E-state index is 0.00604. The summed E-state index contributed by atoms with van der Waals surface area (Å²) in [7, 11) is -3.68. The molecule has 2 aromatic carbocycles. The number of carboxylic acids is 1. The first-order chi connectivity index (χ1) is 13.8. The fourth-order valence-electron chi connectivity index (χ4n) is 2.76. The molecule has 0 unspecified atom stereocenters. The van der Waals surface area contributed by atoms with Crippen LogP contribution in [0.15, 0.2) is 59.5 Å². The first kappa shape index (κ1) is 21.8. The van der Waals surface area contributed by atoms with Gasteiger partial charge in [0, 0.05) is 11.4 Å². The summed E-state index contributed by atoms with van der Waals surface area (Å²) in [5, 5.41) is 24.9. The molecule has 3 aromatic rings. The Labute approximate surface area is 172 Å². The van der Waals surface area contributed by atoms with Crippen LogP contribution in [0.3, 0.4) is 0 Å². The van der Waals surface area contributed by atoms with E-state index in [1.807, 2.05) is 6.07 Å². The quantitative estimate of drug-likeness (QED) is 0.648. The molecule has 0 aliphatic carbocycles. The van der Waals surface area contributed by atoms with Crippen LogP contribution in [0.1, 0.15) is 26.4 Å². The van der Waals surface area contributed by atoms with Gasteiger partial charge in [-0.2, -0.15) is 5.26 Å². The van der Waals surface area contributed by atoms with Gasteiger partial charge in [0.1, 0.15) is 4.88 Å². The highest BCUT2D eigenvalue weighted by atomic mass is 32.2. The summed E-state index contributed by atoms with van der Waals surface area (Å²) in [6, 6.07) is 17.0. The molecule has 0 radical (unpaired) electrons. The van der Waals surface area contributed by atoms with E-state index in [1.165, 1.54) is 6.07 Å². The number of benzene rings is 2.